The van der Waals surface area contributed by atoms with Crippen LogP contribution in [0.3, 0.4) is 0 Å². The highest BCUT2D eigenvalue weighted by molar-refractivity contribution is 5.94. The Labute approximate surface area is 194 Å². The van der Waals surface area contributed by atoms with Crippen LogP contribution in [0.2, 0.25) is 0 Å². The van der Waals surface area contributed by atoms with E-state index in [0.29, 0.717) is 36.5 Å². The van der Waals surface area contributed by atoms with Crippen molar-refractivity contribution < 1.29 is 18.4 Å². The van der Waals surface area contributed by atoms with Gasteiger partial charge in [0.25, 0.3) is 5.92 Å². The van der Waals surface area contributed by atoms with Crippen molar-refractivity contribution in [3.63, 3.8) is 0 Å². The van der Waals surface area contributed by atoms with Crippen LogP contribution < -0.4 is 10.2 Å². The molecule has 33 heavy (non-hydrogen) atoms. The molecule has 2 atom stereocenters. The standard InChI is InChI=1S/C25H34F2N4O2/c1-5-30(6-2)23(33)12-11-22(32)29-18-14-17(3)15-31(16-18)21-10-9-20(25(4,26)27)24-19(21)8-7-13-28-24/h7-10,13,17-18H,5-6,11-12,14-16H2,1-4H3,(H,29,32)/t17-,18+/m0/s1. The number of anilines is 1. The zero-order valence-electron chi connectivity index (χ0n) is 19.9. The Balaban J connectivity index is 1.73. The molecule has 8 heteroatoms. The molecule has 1 aromatic heterocycles. The first-order valence-corrected chi connectivity index (χ1v) is 11.7. The summed E-state index contributed by atoms with van der Waals surface area (Å²) in [4.78, 5) is 32.8. The van der Waals surface area contributed by atoms with Gasteiger partial charge < -0.3 is 15.1 Å². The van der Waals surface area contributed by atoms with Crippen LogP contribution >= 0.6 is 0 Å². The van der Waals surface area contributed by atoms with E-state index in [-0.39, 0.29) is 36.3 Å². The summed E-state index contributed by atoms with van der Waals surface area (Å²) in [6.07, 6.45) is 2.71. The van der Waals surface area contributed by atoms with Gasteiger partial charge in [0.05, 0.1) is 5.52 Å². The van der Waals surface area contributed by atoms with Gasteiger partial charge in [-0.15, -0.1) is 0 Å². The quantitative estimate of drug-likeness (QED) is 0.637. The van der Waals surface area contributed by atoms with Gasteiger partial charge in [-0.05, 0) is 50.5 Å². The highest BCUT2D eigenvalue weighted by atomic mass is 19.3. The number of fused-ring (bicyclic) bond motifs is 1. The van der Waals surface area contributed by atoms with E-state index in [1.165, 1.54) is 12.3 Å². The molecule has 0 bridgehead atoms. The second kappa shape index (κ2) is 10.4. The third-order valence-electron chi connectivity index (χ3n) is 6.27. The van der Waals surface area contributed by atoms with Crippen molar-refractivity contribution in [1.29, 1.82) is 0 Å². The van der Waals surface area contributed by atoms with Gasteiger partial charge in [-0.3, -0.25) is 14.6 Å². The zero-order chi connectivity index (χ0) is 24.2. The van der Waals surface area contributed by atoms with Gasteiger partial charge in [0.15, 0.2) is 0 Å². The fourth-order valence-electron chi connectivity index (χ4n) is 4.70. The van der Waals surface area contributed by atoms with Gasteiger partial charge in [0.1, 0.15) is 0 Å². The van der Waals surface area contributed by atoms with Crippen LogP contribution in [0.1, 0.15) is 52.5 Å². The van der Waals surface area contributed by atoms with Crippen LogP contribution in [-0.2, 0) is 15.5 Å². The molecule has 2 aromatic rings. The van der Waals surface area contributed by atoms with E-state index in [2.05, 4.69) is 22.1 Å². The predicted molar refractivity (Wildman–Crippen MR) is 126 cm³/mol. The first kappa shape index (κ1) is 24.9. The van der Waals surface area contributed by atoms with Crippen molar-refractivity contribution in [2.75, 3.05) is 31.1 Å². The van der Waals surface area contributed by atoms with E-state index >= 15 is 0 Å². The summed E-state index contributed by atoms with van der Waals surface area (Å²) in [7, 11) is 0. The number of nitrogens with zero attached hydrogens (tertiary/aromatic N) is 3. The molecule has 0 spiro atoms. The van der Waals surface area contributed by atoms with Crippen molar-refractivity contribution in [2.45, 2.75) is 58.9 Å². The molecule has 2 amide bonds. The molecule has 1 saturated heterocycles. The van der Waals surface area contributed by atoms with Crippen molar-refractivity contribution >= 4 is 28.4 Å². The molecule has 1 aliphatic rings. The summed E-state index contributed by atoms with van der Waals surface area (Å²) in [5.74, 6) is -2.83. The molecule has 180 valence electrons. The normalized spacial score (nSPS) is 18.9. The number of piperidine rings is 1. The van der Waals surface area contributed by atoms with E-state index in [9.17, 15) is 18.4 Å². The number of rotatable bonds is 8. The molecule has 1 N–H and O–H groups in total. The van der Waals surface area contributed by atoms with Crippen molar-refractivity contribution in [3.05, 3.63) is 36.0 Å². The van der Waals surface area contributed by atoms with E-state index in [1.54, 1.807) is 17.0 Å². The smallest absolute Gasteiger partial charge is 0.272 e. The van der Waals surface area contributed by atoms with Gasteiger partial charge in [0, 0.05) is 74.8 Å². The van der Waals surface area contributed by atoms with E-state index in [4.69, 9.17) is 0 Å². The monoisotopic (exact) mass is 460 g/mol. The second-order valence-corrected chi connectivity index (χ2v) is 9.00. The van der Waals surface area contributed by atoms with Crippen molar-refractivity contribution in [3.8, 4) is 0 Å². The average Bonchev–Trinajstić information content (AvgIpc) is 2.76. The summed E-state index contributed by atoms with van der Waals surface area (Å²) in [6.45, 7) is 9.46. The first-order valence-electron chi connectivity index (χ1n) is 11.7. The third kappa shape index (κ3) is 5.97. The molecule has 0 aliphatic carbocycles. The second-order valence-electron chi connectivity index (χ2n) is 9.00. The van der Waals surface area contributed by atoms with Gasteiger partial charge >= 0.3 is 0 Å². The largest absolute Gasteiger partial charge is 0.369 e. The van der Waals surface area contributed by atoms with Gasteiger partial charge in [0.2, 0.25) is 11.8 Å². The van der Waals surface area contributed by atoms with Gasteiger partial charge in [-0.2, -0.15) is 0 Å². The fourth-order valence-corrected chi connectivity index (χ4v) is 4.70. The SMILES string of the molecule is CCN(CC)C(=O)CCC(=O)N[C@@H]1C[C@H](C)CN(c2ccc(C(C)(F)F)c3ncccc23)C1. The molecule has 0 unspecified atom stereocenters. The van der Waals surface area contributed by atoms with Crippen LogP contribution in [0.5, 0.6) is 0 Å². The zero-order valence-corrected chi connectivity index (χ0v) is 19.9. The van der Waals surface area contributed by atoms with Crippen molar-refractivity contribution in [2.24, 2.45) is 5.92 Å². The Hall–Kier alpha value is -2.77. The summed E-state index contributed by atoms with van der Waals surface area (Å²) < 4.78 is 28.2. The summed E-state index contributed by atoms with van der Waals surface area (Å²) in [6, 6.07) is 6.68. The number of carbonyl (C=O) groups excluding carboxylic acids is 2. The molecule has 1 aromatic carbocycles. The average molecular weight is 461 g/mol. The number of hydrogen-bond acceptors (Lipinski definition) is 4. The lowest BCUT2D eigenvalue weighted by Gasteiger charge is -2.39. The number of alkyl halides is 2. The Morgan fingerprint density at radius 2 is 1.91 bits per heavy atom. The number of nitrogens with one attached hydrogen (secondary N) is 1. The Morgan fingerprint density at radius 3 is 2.58 bits per heavy atom. The maximum absolute atomic E-state index is 14.1. The summed E-state index contributed by atoms with van der Waals surface area (Å²) in [5.41, 5.74) is 1.06. The van der Waals surface area contributed by atoms with Crippen LogP contribution in [0.4, 0.5) is 14.5 Å². The fraction of sp³-hybridized carbons (Fsp3) is 0.560. The van der Waals surface area contributed by atoms with Gasteiger partial charge in [-0.25, -0.2) is 8.78 Å². The lowest BCUT2D eigenvalue weighted by atomic mass is 9.94. The number of pyridine rings is 1. The maximum atomic E-state index is 14.1. The minimum absolute atomic E-state index is 0.0134. The number of carbonyl (C=O) groups is 2. The van der Waals surface area contributed by atoms with Crippen LogP contribution in [0.25, 0.3) is 10.9 Å². The lowest BCUT2D eigenvalue weighted by molar-refractivity contribution is -0.133. The molecule has 0 saturated carbocycles. The highest BCUT2D eigenvalue weighted by Crippen LogP contribution is 2.37. The molecular formula is C25H34F2N4O2. The molecule has 6 nitrogen and oxygen atoms in total. The number of amides is 2. The maximum Gasteiger partial charge on any atom is 0.272 e. The third-order valence-corrected chi connectivity index (χ3v) is 6.27. The minimum Gasteiger partial charge on any atom is -0.369 e. The minimum atomic E-state index is -2.99. The number of hydrogen-bond donors (Lipinski definition) is 1. The van der Waals surface area contributed by atoms with Crippen molar-refractivity contribution in [1.82, 2.24) is 15.2 Å². The molecule has 1 aliphatic heterocycles. The highest BCUT2D eigenvalue weighted by Gasteiger charge is 2.31. The van der Waals surface area contributed by atoms with E-state index in [1.807, 2.05) is 19.9 Å². The number of aromatic nitrogens is 1. The number of halogens is 2. The topological polar surface area (TPSA) is 65.5 Å². The number of benzene rings is 1. The Morgan fingerprint density at radius 1 is 1.18 bits per heavy atom. The van der Waals surface area contributed by atoms with Crippen LogP contribution in [0.15, 0.2) is 30.5 Å². The lowest BCUT2D eigenvalue weighted by Crippen LogP contribution is -2.50. The molecule has 0 radical (unpaired) electrons. The molecular weight excluding hydrogens is 426 g/mol. The van der Waals surface area contributed by atoms with Gasteiger partial charge in [-0.1, -0.05) is 6.92 Å². The molecule has 1 fully saturated rings. The van der Waals surface area contributed by atoms with Crippen LogP contribution in [0, 0.1) is 5.92 Å². The van der Waals surface area contributed by atoms with E-state index in [0.717, 1.165) is 25.6 Å². The van der Waals surface area contributed by atoms with Crippen LogP contribution in [-0.4, -0.2) is 53.9 Å². The Bertz CT molecular complexity index is 988. The van der Waals surface area contributed by atoms with E-state index < -0.39 is 5.92 Å². The molecule has 3 rings (SSSR count). The molecule has 2 heterocycles. The summed E-state index contributed by atoms with van der Waals surface area (Å²) in [5, 5.41) is 3.76. The summed E-state index contributed by atoms with van der Waals surface area (Å²) >= 11 is 0. The predicted octanol–water partition coefficient (Wildman–Crippen LogP) is 4.33. The Kier molecular flexibility index (Phi) is 7.87. The first-order chi connectivity index (χ1) is 15.6.